The van der Waals surface area contributed by atoms with Crippen molar-refractivity contribution in [2.75, 3.05) is 10.9 Å². The average Bonchev–Trinajstić information content (AvgIpc) is 3.02. The van der Waals surface area contributed by atoms with Crippen LogP contribution in [0.3, 0.4) is 0 Å². The molecule has 1 aromatic heterocycles. The topological polar surface area (TPSA) is 124 Å². The summed E-state index contributed by atoms with van der Waals surface area (Å²) in [5.41, 5.74) is 5.32. The Balaban J connectivity index is 1.81. The first-order valence-corrected chi connectivity index (χ1v) is 8.65. The van der Waals surface area contributed by atoms with E-state index in [1.807, 2.05) is 6.07 Å². The number of hydrazone groups is 1. The number of anilines is 1. The zero-order chi connectivity index (χ0) is 20.8. The summed E-state index contributed by atoms with van der Waals surface area (Å²) < 4.78 is 1.64. The molecule has 9 nitrogen and oxygen atoms in total. The molecule has 0 bridgehead atoms. The summed E-state index contributed by atoms with van der Waals surface area (Å²) in [4.78, 5) is 24.9. The van der Waals surface area contributed by atoms with Gasteiger partial charge in [-0.2, -0.15) is 10.4 Å². The maximum Gasteiger partial charge on any atom is 0.301 e. The van der Waals surface area contributed by atoms with Gasteiger partial charge in [-0.1, -0.05) is 36.4 Å². The van der Waals surface area contributed by atoms with Gasteiger partial charge in [0.25, 0.3) is 5.91 Å². The van der Waals surface area contributed by atoms with Crippen molar-refractivity contribution in [3.63, 3.8) is 0 Å². The van der Waals surface area contributed by atoms with E-state index in [1.165, 1.54) is 0 Å². The first kappa shape index (κ1) is 19.5. The summed E-state index contributed by atoms with van der Waals surface area (Å²) in [6, 6.07) is 18.6. The van der Waals surface area contributed by atoms with Gasteiger partial charge in [0.05, 0.1) is 11.9 Å². The van der Waals surface area contributed by atoms with Crippen LogP contribution in [0, 0.1) is 16.1 Å². The number of aromatic hydroxyl groups is 1. The molecule has 3 aromatic rings. The van der Waals surface area contributed by atoms with Gasteiger partial charge in [-0.3, -0.25) is 20.4 Å². The minimum absolute atomic E-state index is 0.182. The number of para-hydroxylation sites is 1. The number of nitrogens with one attached hydrogen (secondary N) is 2. The van der Waals surface area contributed by atoms with Gasteiger partial charge in [-0.25, -0.2) is 9.24 Å². The third-order valence-corrected chi connectivity index (χ3v) is 4.09. The molecule has 0 aliphatic heterocycles. The Labute approximate surface area is 170 Å². The second kappa shape index (κ2) is 8.64. The number of rotatable bonds is 5. The van der Waals surface area contributed by atoms with Crippen molar-refractivity contribution < 1.29 is 14.7 Å². The van der Waals surface area contributed by atoms with Crippen LogP contribution in [0.5, 0.6) is 5.88 Å². The number of hydrogen-bond donors (Lipinski definition) is 3. The lowest BCUT2D eigenvalue weighted by atomic mass is 10.2. The summed E-state index contributed by atoms with van der Waals surface area (Å²) in [6.45, 7) is 0. The van der Waals surface area contributed by atoms with Crippen LogP contribution in [0.2, 0.25) is 0 Å². The molecule has 1 heterocycles. The minimum Gasteiger partial charge on any atom is -0.493 e. The highest BCUT2D eigenvalue weighted by molar-refractivity contribution is 7.71. The van der Waals surface area contributed by atoms with Crippen molar-refractivity contribution in [1.82, 2.24) is 9.24 Å². The van der Waals surface area contributed by atoms with E-state index in [9.17, 15) is 20.0 Å². The van der Waals surface area contributed by atoms with Gasteiger partial charge >= 0.3 is 5.91 Å². The molecule has 3 N–H and O–H groups in total. The fourth-order valence-electron chi connectivity index (χ4n) is 2.34. The molecule has 2 aromatic carbocycles. The Hall–Kier alpha value is -4.23. The van der Waals surface area contributed by atoms with E-state index < -0.39 is 23.4 Å². The second-order valence-electron chi connectivity index (χ2n) is 5.64. The first-order chi connectivity index (χ1) is 14.0. The largest absolute Gasteiger partial charge is 0.493 e. The van der Waals surface area contributed by atoms with Gasteiger partial charge in [0, 0.05) is 5.56 Å². The lowest BCUT2D eigenvalue weighted by Gasteiger charge is -2.05. The summed E-state index contributed by atoms with van der Waals surface area (Å²) in [5.74, 6) is -1.92. The number of carbonyl (C=O) groups excluding carboxylic acids is 2. The first-order valence-electron chi connectivity index (χ1n) is 8.24. The highest BCUT2D eigenvalue weighted by Crippen LogP contribution is 2.15. The number of imidazole rings is 1. The molecular weight excluding hydrogens is 392 g/mol. The lowest BCUT2D eigenvalue weighted by molar-refractivity contribution is -0.111. The summed E-state index contributed by atoms with van der Waals surface area (Å²) in [5, 5.41) is 23.1. The van der Waals surface area contributed by atoms with Crippen LogP contribution in [0.4, 0.5) is 5.69 Å². The molecule has 0 unspecified atom stereocenters. The van der Waals surface area contributed by atoms with Crippen LogP contribution in [-0.4, -0.2) is 31.9 Å². The molecule has 0 aliphatic rings. The number of hydrogen-bond acceptors (Lipinski definition) is 7. The monoisotopic (exact) mass is 406 g/mol. The van der Waals surface area contributed by atoms with Crippen molar-refractivity contribution in [3.05, 3.63) is 77.2 Å². The summed E-state index contributed by atoms with van der Waals surface area (Å²) in [7, 11) is 0. The van der Waals surface area contributed by atoms with E-state index in [4.69, 9.17) is 12.2 Å². The standard InChI is InChI=1S/C19H14N6O3S/c20-11-15(22-21-14-9-5-2-6-10-14)17(27)23-24-12-16(26)25(19(24)29)18(28)13-7-3-1-4-8-13/h1-10,12,21,26H,(H,23,27)/b22-15+. The van der Waals surface area contributed by atoms with Gasteiger partial charge in [0.15, 0.2) is 0 Å². The van der Waals surface area contributed by atoms with Crippen molar-refractivity contribution in [2.45, 2.75) is 0 Å². The highest BCUT2D eigenvalue weighted by atomic mass is 32.1. The van der Waals surface area contributed by atoms with Crippen molar-refractivity contribution >= 4 is 35.4 Å². The fourth-order valence-corrected chi connectivity index (χ4v) is 2.61. The predicted octanol–water partition coefficient (Wildman–Crippen LogP) is 2.47. The molecule has 10 heteroatoms. The molecule has 0 radical (unpaired) electrons. The molecule has 144 valence electrons. The number of nitriles is 1. The van der Waals surface area contributed by atoms with E-state index in [2.05, 4.69) is 16.0 Å². The number of carbonyl (C=O) groups is 2. The predicted molar refractivity (Wildman–Crippen MR) is 109 cm³/mol. The van der Waals surface area contributed by atoms with Crippen LogP contribution < -0.4 is 10.9 Å². The Morgan fingerprint density at radius 1 is 1.07 bits per heavy atom. The normalized spacial score (nSPS) is 10.8. The van der Waals surface area contributed by atoms with Crippen molar-refractivity contribution in [3.8, 4) is 11.9 Å². The zero-order valence-electron chi connectivity index (χ0n) is 14.8. The van der Waals surface area contributed by atoms with Crippen molar-refractivity contribution in [1.29, 1.82) is 5.26 Å². The Morgan fingerprint density at radius 2 is 1.69 bits per heavy atom. The van der Waals surface area contributed by atoms with Gasteiger partial charge < -0.3 is 5.11 Å². The van der Waals surface area contributed by atoms with Crippen LogP contribution >= 0.6 is 12.2 Å². The molecule has 0 atom stereocenters. The second-order valence-corrected chi connectivity index (χ2v) is 6.00. The van der Waals surface area contributed by atoms with Crippen LogP contribution in [0.25, 0.3) is 0 Å². The Morgan fingerprint density at radius 3 is 2.31 bits per heavy atom. The smallest absolute Gasteiger partial charge is 0.301 e. The maximum atomic E-state index is 12.6. The van der Waals surface area contributed by atoms with Crippen molar-refractivity contribution in [2.24, 2.45) is 5.10 Å². The quantitative estimate of drug-likeness (QED) is 0.340. The zero-order valence-corrected chi connectivity index (χ0v) is 15.6. The van der Waals surface area contributed by atoms with Gasteiger partial charge in [0.2, 0.25) is 16.4 Å². The molecule has 0 aliphatic carbocycles. The fraction of sp³-hybridized carbons (Fsp3) is 0. The third kappa shape index (κ3) is 4.37. The third-order valence-electron chi connectivity index (χ3n) is 3.71. The highest BCUT2D eigenvalue weighted by Gasteiger charge is 2.19. The maximum absolute atomic E-state index is 12.6. The van der Waals surface area contributed by atoms with E-state index >= 15 is 0 Å². The van der Waals surface area contributed by atoms with E-state index in [1.54, 1.807) is 60.7 Å². The molecule has 0 fully saturated rings. The molecule has 29 heavy (non-hydrogen) atoms. The van der Waals surface area contributed by atoms with Crippen LogP contribution in [0.1, 0.15) is 10.4 Å². The number of benzene rings is 2. The molecule has 1 amide bonds. The molecular formula is C19H14N6O3S. The average molecular weight is 406 g/mol. The summed E-state index contributed by atoms with van der Waals surface area (Å²) >= 11 is 5.16. The lowest BCUT2D eigenvalue weighted by Crippen LogP contribution is -2.30. The number of amides is 1. The Kier molecular flexibility index (Phi) is 5.82. The summed E-state index contributed by atoms with van der Waals surface area (Å²) in [6.07, 6.45) is 1.06. The number of nitrogens with zero attached hydrogens (tertiary/aromatic N) is 4. The molecule has 0 saturated heterocycles. The molecule has 0 spiro atoms. The molecule has 0 saturated carbocycles. The number of aromatic nitrogens is 2. The van der Waals surface area contributed by atoms with Gasteiger partial charge in [-0.05, 0) is 36.5 Å². The Bertz CT molecular complexity index is 1180. The van der Waals surface area contributed by atoms with E-state index in [-0.39, 0.29) is 4.77 Å². The SMILES string of the molecule is N#C/C(=N\Nc1ccccc1)C(=O)Nn1cc(O)n(C(=O)c2ccccc2)c1=S. The van der Waals surface area contributed by atoms with E-state index in [0.29, 0.717) is 11.3 Å². The molecule has 3 rings (SSSR count). The van der Waals surface area contributed by atoms with Crippen LogP contribution in [-0.2, 0) is 4.79 Å². The van der Waals surface area contributed by atoms with Gasteiger partial charge in [0.1, 0.15) is 6.07 Å². The minimum atomic E-state index is -0.878. The van der Waals surface area contributed by atoms with E-state index in [0.717, 1.165) is 15.4 Å². The van der Waals surface area contributed by atoms with Crippen LogP contribution in [0.15, 0.2) is 72.0 Å². The van der Waals surface area contributed by atoms with Gasteiger partial charge in [-0.15, -0.1) is 0 Å².